The van der Waals surface area contributed by atoms with Crippen LogP contribution < -0.4 is 5.32 Å². The molecule has 5 heteroatoms. The lowest BCUT2D eigenvalue weighted by atomic mass is 10.2. The summed E-state index contributed by atoms with van der Waals surface area (Å²) in [4.78, 5) is 9.16. The first-order valence-electron chi connectivity index (χ1n) is 7.65. The predicted octanol–water partition coefficient (Wildman–Crippen LogP) is 3.56. The molecule has 0 atom stereocenters. The number of hydrogen-bond acceptors (Lipinski definition) is 4. The van der Waals surface area contributed by atoms with Crippen molar-refractivity contribution in [3.05, 3.63) is 41.3 Å². The van der Waals surface area contributed by atoms with Crippen LogP contribution in [0.3, 0.4) is 0 Å². The Morgan fingerprint density at radius 3 is 2.45 bits per heavy atom. The number of benzene rings is 1. The monoisotopic (exact) mass is 295 g/mol. The molecule has 0 saturated carbocycles. The minimum atomic E-state index is 0.749. The summed E-state index contributed by atoms with van der Waals surface area (Å²) in [6.07, 6.45) is 1.05. The Kier molecular flexibility index (Phi) is 3.79. The Bertz CT molecular complexity index is 802. The van der Waals surface area contributed by atoms with E-state index in [0.717, 1.165) is 47.0 Å². The van der Waals surface area contributed by atoms with Gasteiger partial charge in [0.2, 0.25) is 0 Å². The first kappa shape index (κ1) is 14.5. The number of fused-ring (bicyclic) bond motifs is 1. The van der Waals surface area contributed by atoms with Crippen LogP contribution in [0.15, 0.2) is 24.3 Å². The normalized spacial score (nSPS) is 11.1. The maximum absolute atomic E-state index is 4.67. The van der Waals surface area contributed by atoms with Gasteiger partial charge in [0.15, 0.2) is 5.65 Å². The average molecular weight is 295 g/mol. The second-order valence-corrected chi connectivity index (χ2v) is 5.58. The highest BCUT2D eigenvalue weighted by Crippen LogP contribution is 2.26. The van der Waals surface area contributed by atoms with E-state index in [9.17, 15) is 0 Å². The van der Waals surface area contributed by atoms with Crippen LogP contribution in [0.25, 0.3) is 16.7 Å². The molecule has 0 unspecified atom stereocenters. The second kappa shape index (κ2) is 5.75. The smallest absolute Gasteiger partial charge is 0.168 e. The van der Waals surface area contributed by atoms with Gasteiger partial charge in [-0.25, -0.2) is 14.6 Å². The van der Waals surface area contributed by atoms with Gasteiger partial charge in [0.1, 0.15) is 11.6 Å². The Morgan fingerprint density at radius 1 is 1.05 bits per heavy atom. The third-order valence-corrected chi connectivity index (χ3v) is 3.64. The van der Waals surface area contributed by atoms with Crippen LogP contribution in [0.4, 0.5) is 5.82 Å². The van der Waals surface area contributed by atoms with E-state index in [0.29, 0.717) is 0 Å². The van der Waals surface area contributed by atoms with Gasteiger partial charge in [0, 0.05) is 6.54 Å². The molecule has 0 aliphatic carbocycles. The number of nitrogens with zero attached hydrogens (tertiary/aromatic N) is 4. The van der Waals surface area contributed by atoms with Gasteiger partial charge >= 0.3 is 0 Å². The molecule has 22 heavy (non-hydrogen) atoms. The van der Waals surface area contributed by atoms with E-state index in [1.165, 1.54) is 5.56 Å². The molecule has 0 bridgehead atoms. The number of hydrogen-bond donors (Lipinski definition) is 1. The highest BCUT2D eigenvalue weighted by Gasteiger charge is 2.16. The number of aryl methyl sites for hydroxylation is 3. The fourth-order valence-electron chi connectivity index (χ4n) is 2.53. The summed E-state index contributed by atoms with van der Waals surface area (Å²) < 4.78 is 1.90. The third kappa shape index (κ3) is 2.54. The maximum atomic E-state index is 4.67. The zero-order chi connectivity index (χ0) is 15.7. The van der Waals surface area contributed by atoms with Crippen molar-refractivity contribution in [2.24, 2.45) is 0 Å². The molecule has 0 aliphatic heterocycles. The molecule has 1 N–H and O–H groups in total. The fourth-order valence-corrected chi connectivity index (χ4v) is 2.53. The minimum Gasteiger partial charge on any atom is -0.369 e. The fraction of sp³-hybridized carbons (Fsp3) is 0.353. The van der Waals surface area contributed by atoms with Crippen LogP contribution in [0, 0.1) is 20.8 Å². The summed E-state index contributed by atoms with van der Waals surface area (Å²) >= 11 is 0. The molecule has 0 fully saturated rings. The van der Waals surface area contributed by atoms with Crippen LogP contribution in [0.5, 0.6) is 0 Å². The van der Waals surface area contributed by atoms with E-state index in [-0.39, 0.29) is 0 Å². The molecule has 2 aromatic heterocycles. The lowest BCUT2D eigenvalue weighted by molar-refractivity contribution is 0.871. The van der Waals surface area contributed by atoms with Crippen molar-refractivity contribution >= 4 is 16.9 Å². The molecule has 0 radical (unpaired) electrons. The van der Waals surface area contributed by atoms with Crippen LogP contribution >= 0.6 is 0 Å². The maximum Gasteiger partial charge on any atom is 0.168 e. The summed E-state index contributed by atoms with van der Waals surface area (Å²) in [5, 5.41) is 9.06. The van der Waals surface area contributed by atoms with Gasteiger partial charge in [0.05, 0.1) is 16.8 Å². The molecule has 5 nitrogen and oxygen atoms in total. The van der Waals surface area contributed by atoms with Gasteiger partial charge in [-0.05, 0) is 39.3 Å². The molecule has 0 spiro atoms. The van der Waals surface area contributed by atoms with E-state index >= 15 is 0 Å². The van der Waals surface area contributed by atoms with Gasteiger partial charge in [-0.2, -0.15) is 5.10 Å². The second-order valence-electron chi connectivity index (χ2n) is 5.58. The quantitative estimate of drug-likeness (QED) is 0.799. The van der Waals surface area contributed by atoms with Crippen LogP contribution in [-0.4, -0.2) is 26.3 Å². The number of rotatable bonds is 4. The molecule has 2 heterocycles. The van der Waals surface area contributed by atoms with Gasteiger partial charge in [0.25, 0.3) is 0 Å². The highest BCUT2D eigenvalue weighted by molar-refractivity contribution is 5.90. The molecule has 0 saturated heterocycles. The van der Waals surface area contributed by atoms with Gasteiger partial charge in [-0.15, -0.1) is 0 Å². The molecule has 114 valence electrons. The summed E-state index contributed by atoms with van der Waals surface area (Å²) in [5.41, 5.74) is 4.04. The van der Waals surface area contributed by atoms with E-state index in [1.54, 1.807) is 0 Å². The van der Waals surface area contributed by atoms with E-state index in [2.05, 4.69) is 58.5 Å². The average Bonchev–Trinajstić information content (AvgIpc) is 2.82. The molecule has 3 aromatic rings. The first-order valence-corrected chi connectivity index (χ1v) is 7.65. The predicted molar refractivity (Wildman–Crippen MR) is 89.7 cm³/mol. The van der Waals surface area contributed by atoms with Gasteiger partial charge in [-0.1, -0.05) is 24.6 Å². The zero-order valence-corrected chi connectivity index (χ0v) is 13.5. The van der Waals surface area contributed by atoms with Crippen LogP contribution in [0.1, 0.15) is 30.4 Å². The standard InChI is InChI=1S/C17H21N5/c1-5-10-18-16-15-12(3)21-22(17(15)20-13(4)19-16)14-8-6-11(2)7-9-14/h6-9H,5,10H2,1-4H3,(H,18,19,20). The van der Waals surface area contributed by atoms with Crippen molar-refractivity contribution in [3.8, 4) is 5.69 Å². The Morgan fingerprint density at radius 2 is 1.77 bits per heavy atom. The molecule has 3 rings (SSSR count). The molecule has 0 amide bonds. The zero-order valence-electron chi connectivity index (χ0n) is 13.5. The molecular formula is C17H21N5. The van der Waals surface area contributed by atoms with Crippen molar-refractivity contribution in [2.45, 2.75) is 34.1 Å². The van der Waals surface area contributed by atoms with Crippen molar-refractivity contribution in [2.75, 3.05) is 11.9 Å². The van der Waals surface area contributed by atoms with Crippen LogP contribution in [0.2, 0.25) is 0 Å². The minimum absolute atomic E-state index is 0.749. The van der Waals surface area contributed by atoms with Crippen molar-refractivity contribution < 1.29 is 0 Å². The SMILES string of the molecule is CCCNc1nc(C)nc2c1c(C)nn2-c1ccc(C)cc1. The molecule has 1 aromatic carbocycles. The van der Waals surface area contributed by atoms with Crippen molar-refractivity contribution in [1.82, 2.24) is 19.7 Å². The summed E-state index contributed by atoms with van der Waals surface area (Å²) in [6.45, 7) is 9.03. The largest absolute Gasteiger partial charge is 0.369 e. The molecule has 0 aliphatic rings. The van der Waals surface area contributed by atoms with E-state index in [1.807, 2.05) is 18.5 Å². The lowest BCUT2D eigenvalue weighted by Crippen LogP contribution is -2.05. The third-order valence-electron chi connectivity index (χ3n) is 3.64. The van der Waals surface area contributed by atoms with Crippen LogP contribution in [-0.2, 0) is 0 Å². The summed E-state index contributed by atoms with van der Waals surface area (Å²) in [6, 6.07) is 8.31. The highest BCUT2D eigenvalue weighted by atomic mass is 15.3. The topological polar surface area (TPSA) is 55.6 Å². The van der Waals surface area contributed by atoms with Gasteiger partial charge < -0.3 is 5.32 Å². The van der Waals surface area contributed by atoms with Gasteiger partial charge in [-0.3, -0.25) is 0 Å². The summed E-state index contributed by atoms with van der Waals surface area (Å²) in [5.74, 6) is 1.62. The number of aromatic nitrogens is 4. The number of anilines is 1. The Balaban J connectivity index is 2.20. The summed E-state index contributed by atoms with van der Waals surface area (Å²) in [7, 11) is 0. The van der Waals surface area contributed by atoms with E-state index in [4.69, 9.17) is 0 Å². The van der Waals surface area contributed by atoms with E-state index < -0.39 is 0 Å². The Labute approximate surface area is 130 Å². The Hall–Kier alpha value is -2.43. The number of nitrogens with one attached hydrogen (secondary N) is 1. The molecular weight excluding hydrogens is 274 g/mol. The lowest BCUT2D eigenvalue weighted by Gasteiger charge is -2.08. The van der Waals surface area contributed by atoms with Crippen molar-refractivity contribution in [1.29, 1.82) is 0 Å². The first-order chi connectivity index (χ1) is 10.6. The van der Waals surface area contributed by atoms with Crippen molar-refractivity contribution in [3.63, 3.8) is 0 Å².